The van der Waals surface area contributed by atoms with Gasteiger partial charge in [0.25, 0.3) is 0 Å². The Balaban J connectivity index is 2.71. The fourth-order valence-electron chi connectivity index (χ4n) is 2.85. The topological polar surface area (TPSA) is 58.3 Å². The Morgan fingerprint density at radius 3 is 2.07 bits per heavy atom. The molecule has 1 aliphatic heterocycles. The first-order chi connectivity index (χ1) is 6.26. The zero-order chi connectivity index (χ0) is 11.0. The highest BCUT2D eigenvalue weighted by molar-refractivity contribution is 4.99. The Morgan fingerprint density at radius 1 is 1.29 bits per heavy atom. The number of aliphatic hydroxyl groups is 1. The van der Waals surface area contributed by atoms with Crippen molar-refractivity contribution in [1.29, 1.82) is 0 Å². The predicted octanol–water partition coefficient (Wildman–Crippen LogP) is 0.863. The van der Waals surface area contributed by atoms with Gasteiger partial charge in [-0.15, -0.1) is 0 Å². The molecule has 0 aromatic heterocycles. The van der Waals surface area contributed by atoms with Gasteiger partial charge in [0.15, 0.2) is 0 Å². The van der Waals surface area contributed by atoms with Crippen molar-refractivity contribution in [3.8, 4) is 0 Å². The molecule has 1 saturated heterocycles. The van der Waals surface area contributed by atoms with Crippen LogP contribution in [0.1, 0.15) is 40.5 Å². The van der Waals surface area contributed by atoms with Gasteiger partial charge in [0, 0.05) is 17.1 Å². The van der Waals surface area contributed by atoms with Crippen LogP contribution in [-0.4, -0.2) is 28.8 Å². The molecule has 1 atom stereocenters. The van der Waals surface area contributed by atoms with E-state index < -0.39 is 0 Å². The molecule has 4 N–H and O–H groups in total. The van der Waals surface area contributed by atoms with Crippen LogP contribution in [0.5, 0.6) is 0 Å². The minimum absolute atomic E-state index is 0.0735. The molecule has 0 aromatic carbocycles. The largest absolute Gasteiger partial charge is 0.395 e. The predicted molar refractivity (Wildman–Crippen MR) is 59.1 cm³/mol. The third kappa shape index (κ3) is 2.94. The van der Waals surface area contributed by atoms with Crippen molar-refractivity contribution in [3.63, 3.8) is 0 Å². The van der Waals surface area contributed by atoms with E-state index in [0.29, 0.717) is 5.92 Å². The summed E-state index contributed by atoms with van der Waals surface area (Å²) in [6, 6.07) is -0.0735. The molecule has 0 aromatic rings. The maximum absolute atomic E-state index is 9.08. The van der Waals surface area contributed by atoms with Gasteiger partial charge in [0.2, 0.25) is 0 Å². The van der Waals surface area contributed by atoms with Gasteiger partial charge in [0.05, 0.1) is 6.61 Å². The van der Waals surface area contributed by atoms with Gasteiger partial charge < -0.3 is 16.2 Å². The van der Waals surface area contributed by atoms with E-state index in [4.69, 9.17) is 10.8 Å². The SMILES string of the molecule is CC1(C)CC(C(N)CO)CC(C)(C)N1. The summed E-state index contributed by atoms with van der Waals surface area (Å²) >= 11 is 0. The average Bonchev–Trinajstić information content (AvgIpc) is 1.97. The quantitative estimate of drug-likeness (QED) is 0.620. The number of aliphatic hydroxyl groups excluding tert-OH is 1. The summed E-state index contributed by atoms with van der Waals surface area (Å²) in [5.41, 5.74) is 6.16. The van der Waals surface area contributed by atoms with E-state index in [1.54, 1.807) is 0 Å². The summed E-state index contributed by atoms with van der Waals surface area (Å²) in [5, 5.41) is 12.7. The van der Waals surface area contributed by atoms with Gasteiger partial charge in [0.1, 0.15) is 0 Å². The van der Waals surface area contributed by atoms with Crippen LogP contribution >= 0.6 is 0 Å². The van der Waals surface area contributed by atoms with Gasteiger partial charge in [-0.1, -0.05) is 0 Å². The van der Waals surface area contributed by atoms with E-state index >= 15 is 0 Å². The Morgan fingerprint density at radius 2 is 1.71 bits per heavy atom. The van der Waals surface area contributed by atoms with E-state index in [0.717, 1.165) is 12.8 Å². The standard InChI is InChI=1S/C11H24N2O/c1-10(2)5-8(9(12)7-14)6-11(3,4)13-10/h8-9,13-14H,5-7,12H2,1-4H3. The lowest BCUT2D eigenvalue weighted by atomic mass is 9.73. The molecule has 3 nitrogen and oxygen atoms in total. The molecule has 84 valence electrons. The van der Waals surface area contributed by atoms with E-state index in [9.17, 15) is 0 Å². The lowest BCUT2D eigenvalue weighted by Crippen LogP contribution is -2.60. The minimum Gasteiger partial charge on any atom is -0.395 e. The first kappa shape index (κ1) is 12.0. The van der Waals surface area contributed by atoms with Crippen LogP contribution < -0.4 is 11.1 Å². The number of hydrogen-bond acceptors (Lipinski definition) is 3. The molecule has 0 amide bonds. The first-order valence-electron chi connectivity index (χ1n) is 5.41. The van der Waals surface area contributed by atoms with Crippen LogP contribution in [0.3, 0.4) is 0 Å². The second kappa shape index (κ2) is 3.80. The second-order valence-corrected chi connectivity index (χ2v) is 5.91. The highest BCUT2D eigenvalue weighted by atomic mass is 16.3. The van der Waals surface area contributed by atoms with Crippen molar-refractivity contribution < 1.29 is 5.11 Å². The Bertz CT molecular complexity index is 185. The first-order valence-corrected chi connectivity index (χ1v) is 5.41. The normalized spacial score (nSPS) is 28.7. The highest BCUT2D eigenvalue weighted by Gasteiger charge is 2.39. The van der Waals surface area contributed by atoms with Gasteiger partial charge in [-0.3, -0.25) is 0 Å². The summed E-state index contributed by atoms with van der Waals surface area (Å²) in [6.07, 6.45) is 2.08. The molecular formula is C11H24N2O. The Hall–Kier alpha value is -0.120. The van der Waals surface area contributed by atoms with Gasteiger partial charge in [-0.2, -0.15) is 0 Å². The lowest BCUT2D eigenvalue weighted by Gasteiger charge is -2.47. The van der Waals surface area contributed by atoms with Gasteiger partial charge in [-0.05, 0) is 46.5 Å². The summed E-state index contributed by atoms with van der Waals surface area (Å²) in [6.45, 7) is 8.89. The van der Waals surface area contributed by atoms with Crippen LogP contribution in [0.15, 0.2) is 0 Å². The molecule has 0 bridgehead atoms. The summed E-state index contributed by atoms with van der Waals surface area (Å²) in [4.78, 5) is 0. The zero-order valence-electron chi connectivity index (χ0n) is 9.80. The van der Waals surface area contributed by atoms with Gasteiger partial charge in [-0.25, -0.2) is 0 Å². The third-order valence-corrected chi connectivity index (χ3v) is 3.04. The van der Waals surface area contributed by atoms with Crippen LogP contribution in [0.4, 0.5) is 0 Å². The number of nitrogens with two attached hydrogens (primary N) is 1. The highest BCUT2D eigenvalue weighted by Crippen LogP contribution is 2.33. The fourth-order valence-corrected chi connectivity index (χ4v) is 2.85. The Labute approximate surface area is 87.1 Å². The Kier molecular flexibility index (Phi) is 3.24. The molecule has 3 heteroatoms. The molecule has 0 aliphatic carbocycles. The molecule has 0 spiro atoms. The van der Waals surface area contributed by atoms with Crippen molar-refractivity contribution in [2.45, 2.75) is 57.7 Å². The summed E-state index contributed by atoms with van der Waals surface area (Å²) in [7, 11) is 0. The number of piperidine rings is 1. The van der Waals surface area contributed by atoms with Crippen molar-refractivity contribution in [1.82, 2.24) is 5.32 Å². The molecule has 1 rings (SSSR count). The molecular weight excluding hydrogens is 176 g/mol. The number of hydrogen-bond donors (Lipinski definition) is 3. The number of rotatable bonds is 2. The van der Waals surface area contributed by atoms with E-state index in [-0.39, 0.29) is 23.7 Å². The summed E-state index contributed by atoms with van der Waals surface area (Å²) in [5.74, 6) is 0.422. The zero-order valence-corrected chi connectivity index (χ0v) is 9.80. The van der Waals surface area contributed by atoms with Crippen molar-refractivity contribution in [3.05, 3.63) is 0 Å². The molecule has 1 heterocycles. The number of nitrogens with one attached hydrogen (secondary N) is 1. The molecule has 0 saturated carbocycles. The minimum atomic E-state index is -0.0735. The molecule has 1 unspecified atom stereocenters. The van der Waals surface area contributed by atoms with Crippen LogP contribution in [0.2, 0.25) is 0 Å². The maximum atomic E-state index is 9.08. The van der Waals surface area contributed by atoms with E-state index in [1.165, 1.54) is 0 Å². The molecule has 1 fully saturated rings. The smallest absolute Gasteiger partial charge is 0.0585 e. The average molecular weight is 200 g/mol. The van der Waals surface area contributed by atoms with Gasteiger partial charge >= 0.3 is 0 Å². The maximum Gasteiger partial charge on any atom is 0.0585 e. The third-order valence-electron chi connectivity index (χ3n) is 3.04. The molecule has 0 radical (unpaired) electrons. The van der Waals surface area contributed by atoms with Crippen LogP contribution in [0.25, 0.3) is 0 Å². The molecule has 14 heavy (non-hydrogen) atoms. The van der Waals surface area contributed by atoms with E-state index in [1.807, 2.05) is 0 Å². The van der Waals surface area contributed by atoms with Crippen molar-refractivity contribution in [2.75, 3.05) is 6.61 Å². The van der Waals surface area contributed by atoms with Crippen LogP contribution in [0, 0.1) is 5.92 Å². The van der Waals surface area contributed by atoms with E-state index in [2.05, 4.69) is 33.0 Å². The fraction of sp³-hybridized carbons (Fsp3) is 1.00. The summed E-state index contributed by atoms with van der Waals surface area (Å²) < 4.78 is 0. The van der Waals surface area contributed by atoms with Crippen LogP contribution in [-0.2, 0) is 0 Å². The molecule has 1 aliphatic rings. The lowest BCUT2D eigenvalue weighted by molar-refractivity contribution is 0.0947. The van der Waals surface area contributed by atoms with Crippen molar-refractivity contribution in [2.24, 2.45) is 11.7 Å². The monoisotopic (exact) mass is 200 g/mol. The van der Waals surface area contributed by atoms with Crippen molar-refractivity contribution >= 4 is 0 Å². The second-order valence-electron chi connectivity index (χ2n) is 5.91.